The van der Waals surface area contributed by atoms with E-state index in [1.165, 1.54) is 36.0 Å². The number of alkyl halides is 5. The fourth-order valence-corrected chi connectivity index (χ4v) is 8.65. The fraction of sp³-hybridized carbons (Fsp3) is 0.286. The lowest BCUT2D eigenvalue weighted by atomic mass is 10.0. The molecule has 2 aliphatic carbocycles. The number of rotatable bonds is 10. The average Bonchev–Trinajstić information content (AvgIpc) is 3.39. The number of benzene rings is 3. The second kappa shape index (κ2) is 13.3. The van der Waals surface area contributed by atoms with Crippen molar-refractivity contribution < 1.29 is 43.9 Å². The lowest BCUT2D eigenvalue weighted by Crippen LogP contribution is -2.38. The molecule has 0 spiro atoms. The summed E-state index contributed by atoms with van der Waals surface area (Å²) >= 11 is 9.87. The zero-order chi connectivity index (χ0) is 41.1. The Morgan fingerprint density at radius 3 is 2.44 bits per heavy atom. The SMILES string of the molecule is Cn1nc(NS(C)(=O)=O)c2c(Cl)ccc(-n3c([C@H](Cc4cc(F)cc(F)c4)NC(=O)Cn4nc(C(F)F)c5c4C(F)(F)[C@@H]4C[C@]54F)nc4cc(Br)ccc4c3=O)c21. The molecule has 3 aromatic carbocycles. The van der Waals surface area contributed by atoms with Crippen LogP contribution >= 0.6 is 27.5 Å². The molecule has 1 saturated carbocycles. The lowest BCUT2D eigenvalue weighted by Gasteiger charge is -2.24. The van der Waals surface area contributed by atoms with Gasteiger partial charge in [-0.05, 0) is 54.4 Å². The largest absolute Gasteiger partial charge is 0.344 e. The Kier molecular flexibility index (Phi) is 9.04. The maximum atomic E-state index is 15.4. The van der Waals surface area contributed by atoms with Crippen LogP contribution in [0.15, 0.2) is 57.8 Å². The van der Waals surface area contributed by atoms with Crippen molar-refractivity contribution >= 4 is 71.1 Å². The molecule has 22 heteroatoms. The van der Waals surface area contributed by atoms with Gasteiger partial charge in [-0.2, -0.15) is 19.0 Å². The Bertz CT molecular complexity index is 2870. The Balaban J connectivity index is 1.32. The summed E-state index contributed by atoms with van der Waals surface area (Å²) in [5.41, 5.74) is -6.78. The third-order valence-corrected chi connectivity index (χ3v) is 11.2. The standard InChI is InChI=1S/C35H25BrClF7N8O4S/c1-50-28-22(6-5-19(37)25(28)31(48-50)49-57(2,55)56)52-32(46-20-10-15(36)3-4-18(20)33(52)54)21(9-14-7-16(38)11-17(39)8-14)45-24(53)13-51-29-26(27(47-51)30(40)41)34(42)12-23(34)35(29,43)44/h3-8,10-11,21,23,30H,9,12-13H2,1-2H3,(H,45,53)(H,48,49)/t21-,23+,34+/m0/s1. The number of aromatic nitrogens is 6. The number of halogens is 9. The van der Waals surface area contributed by atoms with Crippen LogP contribution < -0.4 is 15.6 Å². The minimum atomic E-state index is -3.94. The minimum Gasteiger partial charge on any atom is -0.344 e. The zero-order valence-corrected chi connectivity index (χ0v) is 32.3. The van der Waals surface area contributed by atoms with E-state index in [2.05, 4.69) is 36.2 Å². The van der Waals surface area contributed by atoms with Crippen molar-refractivity contribution in [3.63, 3.8) is 0 Å². The van der Waals surface area contributed by atoms with Gasteiger partial charge in [0.25, 0.3) is 17.9 Å². The Morgan fingerprint density at radius 2 is 1.77 bits per heavy atom. The number of fused-ring (bicyclic) bond motifs is 5. The molecule has 0 unspecified atom stereocenters. The van der Waals surface area contributed by atoms with Gasteiger partial charge in [-0.1, -0.05) is 27.5 Å². The van der Waals surface area contributed by atoms with Crippen LogP contribution in [-0.4, -0.2) is 49.7 Å². The lowest BCUT2D eigenvalue weighted by molar-refractivity contribution is -0.123. The van der Waals surface area contributed by atoms with Gasteiger partial charge < -0.3 is 5.32 Å². The Labute approximate surface area is 329 Å². The highest BCUT2D eigenvalue weighted by atomic mass is 79.9. The van der Waals surface area contributed by atoms with E-state index < -0.39 is 99.4 Å². The van der Waals surface area contributed by atoms with E-state index >= 15 is 13.2 Å². The molecule has 8 rings (SSSR count). The maximum absolute atomic E-state index is 15.4. The predicted octanol–water partition coefficient (Wildman–Crippen LogP) is 6.86. The molecule has 3 aromatic heterocycles. The summed E-state index contributed by atoms with van der Waals surface area (Å²) in [5, 5.41) is 10.4. The van der Waals surface area contributed by atoms with Gasteiger partial charge in [0.2, 0.25) is 15.9 Å². The van der Waals surface area contributed by atoms with Crippen LogP contribution in [-0.2, 0) is 46.4 Å². The summed E-state index contributed by atoms with van der Waals surface area (Å²) in [6.45, 7) is -1.14. The second-order valence-corrected chi connectivity index (χ2v) is 16.9. The quantitative estimate of drug-likeness (QED) is 0.143. The first-order chi connectivity index (χ1) is 26.7. The molecule has 0 bridgehead atoms. The molecule has 1 amide bonds. The molecular formula is C35H25BrClF7N8O4S. The van der Waals surface area contributed by atoms with Gasteiger partial charge in [0.05, 0.1) is 50.7 Å². The van der Waals surface area contributed by atoms with Crippen molar-refractivity contribution in [3.05, 3.63) is 108 Å². The molecule has 57 heavy (non-hydrogen) atoms. The molecule has 2 aliphatic rings. The van der Waals surface area contributed by atoms with Crippen molar-refractivity contribution in [2.24, 2.45) is 13.0 Å². The molecular weight excluding hydrogens is 877 g/mol. The van der Waals surface area contributed by atoms with Gasteiger partial charge in [-0.25, -0.2) is 35.4 Å². The summed E-state index contributed by atoms with van der Waals surface area (Å²) in [5.74, 6) is -9.51. The van der Waals surface area contributed by atoms with Gasteiger partial charge in [0, 0.05) is 29.6 Å². The van der Waals surface area contributed by atoms with E-state index in [1.54, 1.807) is 6.07 Å². The van der Waals surface area contributed by atoms with Crippen LogP contribution in [0, 0.1) is 17.6 Å². The highest BCUT2D eigenvalue weighted by Crippen LogP contribution is 2.72. The number of carbonyl (C=O) groups excluding carboxylic acids is 1. The molecule has 3 atom stereocenters. The van der Waals surface area contributed by atoms with Crippen LogP contribution in [0.3, 0.4) is 0 Å². The highest BCUT2D eigenvalue weighted by Gasteiger charge is 2.78. The zero-order valence-electron chi connectivity index (χ0n) is 29.1. The van der Waals surface area contributed by atoms with Gasteiger partial charge >= 0.3 is 0 Å². The van der Waals surface area contributed by atoms with Gasteiger partial charge in [0.15, 0.2) is 5.82 Å². The number of aryl methyl sites for hydroxylation is 1. The van der Waals surface area contributed by atoms with Crippen LogP contribution in [0.5, 0.6) is 0 Å². The Morgan fingerprint density at radius 1 is 1.07 bits per heavy atom. The molecule has 0 saturated heterocycles. The van der Waals surface area contributed by atoms with Crippen molar-refractivity contribution in [3.8, 4) is 5.69 Å². The number of anilines is 1. The van der Waals surface area contributed by atoms with E-state index in [4.69, 9.17) is 16.6 Å². The topological polar surface area (TPSA) is 146 Å². The first-order valence-electron chi connectivity index (χ1n) is 16.7. The third-order valence-electron chi connectivity index (χ3n) is 9.85. The number of amides is 1. The summed E-state index contributed by atoms with van der Waals surface area (Å²) in [6, 6.07) is 8.11. The van der Waals surface area contributed by atoms with Gasteiger partial charge in [-0.15, -0.1) is 0 Å². The van der Waals surface area contributed by atoms with E-state index in [0.29, 0.717) is 15.2 Å². The van der Waals surface area contributed by atoms with Crippen LogP contribution in [0.2, 0.25) is 5.02 Å². The fourth-order valence-electron chi connectivity index (χ4n) is 7.57. The molecule has 2 N–H and O–H groups in total. The highest BCUT2D eigenvalue weighted by molar-refractivity contribution is 9.10. The van der Waals surface area contributed by atoms with Crippen LogP contribution in [0.1, 0.15) is 47.2 Å². The molecule has 3 heterocycles. The summed E-state index contributed by atoms with van der Waals surface area (Å²) < 4.78 is 133. The normalized spacial score (nSPS) is 18.9. The molecule has 298 valence electrons. The first kappa shape index (κ1) is 38.8. The van der Waals surface area contributed by atoms with E-state index in [-0.39, 0.29) is 49.7 Å². The first-order valence-corrected chi connectivity index (χ1v) is 19.8. The van der Waals surface area contributed by atoms with Gasteiger partial charge in [0.1, 0.15) is 41.1 Å². The number of nitrogens with one attached hydrogen (secondary N) is 2. The van der Waals surface area contributed by atoms with Crippen molar-refractivity contribution in [2.45, 2.75) is 43.4 Å². The van der Waals surface area contributed by atoms with E-state index in [0.717, 1.165) is 23.0 Å². The molecule has 0 aliphatic heterocycles. The number of carbonyl (C=O) groups is 1. The van der Waals surface area contributed by atoms with Crippen LogP contribution in [0.25, 0.3) is 27.5 Å². The predicted molar refractivity (Wildman–Crippen MR) is 196 cm³/mol. The molecule has 1 fully saturated rings. The van der Waals surface area contributed by atoms with Crippen molar-refractivity contribution in [2.75, 3.05) is 11.0 Å². The average molecular weight is 902 g/mol. The van der Waals surface area contributed by atoms with Crippen molar-refractivity contribution in [1.29, 1.82) is 0 Å². The number of hydrogen-bond acceptors (Lipinski definition) is 7. The monoisotopic (exact) mass is 900 g/mol. The number of nitrogens with zero attached hydrogens (tertiary/aromatic N) is 6. The van der Waals surface area contributed by atoms with Gasteiger partial charge in [-0.3, -0.25) is 28.2 Å². The molecule has 6 aromatic rings. The van der Waals surface area contributed by atoms with Crippen LogP contribution in [0.4, 0.5) is 36.6 Å². The van der Waals surface area contributed by atoms with E-state index in [1.807, 2.05) is 0 Å². The molecule has 0 radical (unpaired) electrons. The molecule has 12 nitrogen and oxygen atoms in total. The summed E-state index contributed by atoms with van der Waals surface area (Å²) in [6.07, 6.45) is -3.76. The number of hydrogen-bond donors (Lipinski definition) is 2. The summed E-state index contributed by atoms with van der Waals surface area (Å²) in [7, 11) is -2.48. The summed E-state index contributed by atoms with van der Waals surface area (Å²) in [4.78, 5) is 33.2. The number of sulfonamides is 1. The maximum Gasteiger partial charge on any atom is 0.296 e. The Hall–Kier alpha value is -5.02. The smallest absolute Gasteiger partial charge is 0.296 e. The second-order valence-electron chi connectivity index (χ2n) is 13.8. The van der Waals surface area contributed by atoms with E-state index in [9.17, 15) is 35.6 Å². The third kappa shape index (κ3) is 6.52. The van der Waals surface area contributed by atoms with Crippen molar-refractivity contribution in [1.82, 2.24) is 34.4 Å². The minimum absolute atomic E-state index is 0.00785.